The van der Waals surface area contributed by atoms with Crippen molar-refractivity contribution in [3.8, 4) is 0 Å². The molecule has 4 heteroatoms. The van der Waals surface area contributed by atoms with E-state index in [-0.39, 0.29) is 17.2 Å². The summed E-state index contributed by atoms with van der Waals surface area (Å²) < 4.78 is 5.35. The normalized spacial score (nSPS) is 11.7. The van der Waals surface area contributed by atoms with E-state index in [9.17, 15) is 9.59 Å². The molecule has 0 aliphatic heterocycles. The first-order chi connectivity index (χ1) is 10.6. The number of carbonyl (C=O) groups excluding carboxylic acids is 1. The lowest BCUT2D eigenvalue weighted by Crippen LogP contribution is -2.18. The van der Waals surface area contributed by atoms with Gasteiger partial charge in [0.05, 0.1) is 17.2 Å². The molecule has 4 nitrogen and oxygen atoms in total. The molecule has 22 heavy (non-hydrogen) atoms. The van der Waals surface area contributed by atoms with Crippen LogP contribution in [0.15, 0.2) is 54.6 Å². The Hall–Kier alpha value is -2.62. The first-order valence-corrected chi connectivity index (χ1v) is 7.15. The average Bonchev–Trinajstić information content (AvgIpc) is 2.54. The van der Waals surface area contributed by atoms with E-state index in [4.69, 9.17) is 9.84 Å². The third-order valence-corrected chi connectivity index (χ3v) is 3.37. The van der Waals surface area contributed by atoms with E-state index in [1.807, 2.05) is 37.3 Å². The van der Waals surface area contributed by atoms with Crippen molar-refractivity contribution in [3.05, 3.63) is 71.3 Å². The molecule has 0 radical (unpaired) electrons. The number of carboxylic acids is 1. The number of carboxylic acid groups (broad SMARTS) is 1. The number of hydrogen-bond acceptors (Lipinski definition) is 3. The molecule has 0 aliphatic rings. The molecule has 2 aromatic carbocycles. The van der Waals surface area contributed by atoms with Crippen LogP contribution in [0.3, 0.4) is 0 Å². The molecule has 0 aromatic heterocycles. The Morgan fingerprint density at radius 3 is 2.23 bits per heavy atom. The highest BCUT2D eigenvalue weighted by Crippen LogP contribution is 2.13. The van der Waals surface area contributed by atoms with Crippen molar-refractivity contribution >= 4 is 11.9 Å². The van der Waals surface area contributed by atoms with Crippen LogP contribution in [0.5, 0.6) is 0 Å². The number of benzene rings is 2. The minimum Gasteiger partial charge on any atom is -0.478 e. The van der Waals surface area contributed by atoms with Crippen LogP contribution in [0.1, 0.15) is 39.6 Å². The molecule has 2 aromatic rings. The van der Waals surface area contributed by atoms with Crippen molar-refractivity contribution in [2.75, 3.05) is 0 Å². The van der Waals surface area contributed by atoms with Gasteiger partial charge in [-0.3, -0.25) is 0 Å². The van der Waals surface area contributed by atoms with Gasteiger partial charge in [-0.15, -0.1) is 0 Å². The largest absolute Gasteiger partial charge is 0.478 e. The Kier molecular flexibility index (Phi) is 5.31. The van der Waals surface area contributed by atoms with E-state index in [2.05, 4.69) is 0 Å². The molecule has 0 unspecified atom stereocenters. The summed E-state index contributed by atoms with van der Waals surface area (Å²) in [7, 11) is 0. The van der Waals surface area contributed by atoms with Gasteiger partial charge in [0.1, 0.15) is 0 Å². The number of ether oxygens (including phenoxy) is 1. The highest BCUT2D eigenvalue weighted by molar-refractivity contribution is 6.02. The van der Waals surface area contributed by atoms with Crippen LogP contribution in [0, 0.1) is 0 Å². The summed E-state index contributed by atoms with van der Waals surface area (Å²) in [6.07, 6.45) is 1.20. The predicted molar refractivity (Wildman–Crippen MR) is 83.0 cm³/mol. The topological polar surface area (TPSA) is 63.6 Å². The lowest BCUT2D eigenvalue weighted by Gasteiger charge is -2.14. The first-order valence-electron chi connectivity index (χ1n) is 7.15. The molecule has 0 bridgehead atoms. The van der Waals surface area contributed by atoms with E-state index in [1.54, 1.807) is 12.1 Å². The SMILES string of the molecule is C[C@H](CCc1ccccc1)OC(=O)c1ccccc1C(=O)O. The van der Waals surface area contributed by atoms with Crippen molar-refractivity contribution in [3.63, 3.8) is 0 Å². The molecule has 0 fully saturated rings. The quantitative estimate of drug-likeness (QED) is 0.828. The van der Waals surface area contributed by atoms with Gasteiger partial charge in [0, 0.05) is 0 Å². The van der Waals surface area contributed by atoms with Crippen molar-refractivity contribution in [2.24, 2.45) is 0 Å². The van der Waals surface area contributed by atoms with Crippen LogP contribution in [0.4, 0.5) is 0 Å². The lowest BCUT2D eigenvalue weighted by molar-refractivity contribution is 0.0319. The number of esters is 1. The maximum Gasteiger partial charge on any atom is 0.339 e. The summed E-state index contributed by atoms with van der Waals surface area (Å²) in [5.41, 5.74) is 1.22. The minimum absolute atomic E-state index is 0.0391. The summed E-state index contributed by atoms with van der Waals surface area (Å²) in [6, 6.07) is 16.0. The standard InChI is InChI=1S/C18H18O4/c1-13(11-12-14-7-3-2-4-8-14)22-18(21)16-10-6-5-9-15(16)17(19)20/h2-10,13H,11-12H2,1H3,(H,19,20)/t13-/m1/s1. The van der Waals surface area contributed by atoms with E-state index < -0.39 is 11.9 Å². The summed E-state index contributed by atoms with van der Waals surface area (Å²) in [6.45, 7) is 1.81. The minimum atomic E-state index is -1.13. The summed E-state index contributed by atoms with van der Waals surface area (Å²) in [4.78, 5) is 23.2. The van der Waals surface area contributed by atoms with E-state index in [1.165, 1.54) is 17.7 Å². The fourth-order valence-electron chi connectivity index (χ4n) is 2.17. The summed E-state index contributed by atoms with van der Waals surface area (Å²) in [5, 5.41) is 9.09. The van der Waals surface area contributed by atoms with Crippen molar-refractivity contribution in [2.45, 2.75) is 25.9 Å². The molecule has 0 aliphatic carbocycles. The number of carbonyl (C=O) groups is 2. The fourth-order valence-corrected chi connectivity index (χ4v) is 2.17. The Morgan fingerprint density at radius 1 is 1.00 bits per heavy atom. The second-order valence-electron chi connectivity index (χ2n) is 5.09. The van der Waals surface area contributed by atoms with Crippen LogP contribution < -0.4 is 0 Å². The predicted octanol–water partition coefficient (Wildman–Crippen LogP) is 3.56. The maximum atomic E-state index is 12.1. The van der Waals surface area contributed by atoms with Gasteiger partial charge in [0.15, 0.2) is 0 Å². The lowest BCUT2D eigenvalue weighted by atomic mass is 10.1. The molecule has 0 heterocycles. The highest BCUT2D eigenvalue weighted by Gasteiger charge is 2.18. The maximum absolute atomic E-state index is 12.1. The van der Waals surface area contributed by atoms with Gasteiger partial charge in [-0.2, -0.15) is 0 Å². The van der Waals surface area contributed by atoms with Gasteiger partial charge in [0.25, 0.3) is 0 Å². The molecule has 2 rings (SSSR count). The molecule has 0 saturated heterocycles. The van der Waals surface area contributed by atoms with Crippen molar-refractivity contribution < 1.29 is 19.4 Å². The Balaban J connectivity index is 1.95. The molecule has 0 saturated carbocycles. The van der Waals surface area contributed by atoms with Crippen LogP contribution in [-0.2, 0) is 11.2 Å². The van der Waals surface area contributed by atoms with Crippen LogP contribution in [0.25, 0.3) is 0 Å². The Bertz CT molecular complexity index is 649. The Morgan fingerprint density at radius 2 is 1.59 bits per heavy atom. The van der Waals surface area contributed by atoms with Crippen molar-refractivity contribution in [1.29, 1.82) is 0 Å². The second-order valence-corrected chi connectivity index (χ2v) is 5.09. The third kappa shape index (κ3) is 4.19. The van der Waals surface area contributed by atoms with E-state index >= 15 is 0 Å². The van der Waals surface area contributed by atoms with Gasteiger partial charge in [0.2, 0.25) is 0 Å². The monoisotopic (exact) mass is 298 g/mol. The molecular formula is C18H18O4. The zero-order chi connectivity index (χ0) is 15.9. The fraction of sp³-hybridized carbons (Fsp3) is 0.222. The number of hydrogen-bond donors (Lipinski definition) is 1. The molecule has 1 atom stereocenters. The number of aromatic carboxylic acids is 1. The zero-order valence-corrected chi connectivity index (χ0v) is 12.4. The molecule has 0 amide bonds. The van der Waals surface area contributed by atoms with E-state index in [0.717, 1.165) is 6.42 Å². The van der Waals surface area contributed by atoms with Gasteiger partial charge in [-0.1, -0.05) is 42.5 Å². The number of aryl methyl sites for hydroxylation is 1. The van der Waals surface area contributed by atoms with Crippen molar-refractivity contribution in [1.82, 2.24) is 0 Å². The molecule has 1 N–H and O–H groups in total. The van der Waals surface area contributed by atoms with Gasteiger partial charge in [-0.05, 0) is 37.5 Å². The second kappa shape index (κ2) is 7.41. The Labute approximate surface area is 129 Å². The molecular weight excluding hydrogens is 280 g/mol. The third-order valence-electron chi connectivity index (χ3n) is 3.37. The summed E-state index contributed by atoms with van der Waals surface area (Å²) >= 11 is 0. The highest BCUT2D eigenvalue weighted by atomic mass is 16.5. The van der Waals surface area contributed by atoms with E-state index in [0.29, 0.717) is 6.42 Å². The smallest absolute Gasteiger partial charge is 0.339 e. The van der Waals surface area contributed by atoms with Crippen LogP contribution in [-0.4, -0.2) is 23.1 Å². The van der Waals surface area contributed by atoms with Gasteiger partial charge < -0.3 is 9.84 Å². The first kappa shape index (κ1) is 15.8. The van der Waals surface area contributed by atoms with Gasteiger partial charge in [-0.25, -0.2) is 9.59 Å². The molecule has 0 spiro atoms. The average molecular weight is 298 g/mol. The molecule has 114 valence electrons. The van der Waals surface area contributed by atoms with Crippen LogP contribution in [0.2, 0.25) is 0 Å². The van der Waals surface area contributed by atoms with Gasteiger partial charge >= 0.3 is 11.9 Å². The zero-order valence-electron chi connectivity index (χ0n) is 12.4. The number of rotatable bonds is 6. The van der Waals surface area contributed by atoms with Crippen LogP contribution >= 0.6 is 0 Å². The summed E-state index contributed by atoms with van der Waals surface area (Å²) in [5.74, 6) is -1.73.